The number of amides is 2. The van der Waals surface area contributed by atoms with Gasteiger partial charge in [0.05, 0.1) is 12.3 Å². The van der Waals surface area contributed by atoms with Gasteiger partial charge in [-0.1, -0.05) is 27.7 Å². The monoisotopic (exact) mass is 343 g/mol. The number of nitrogens with one attached hydrogen (secondary N) is 2. The molecule has 1 heterocycles. The van der Waals surface area contributed by atoms with Crippen LogP contribution in [0.4, 0.5) is 0 Å². The van der Waals surface area contributed by atoms with Crippen LogP contribution in [0.3, 0.4) is 0 Å². The third-order valence-corrected chi connectivity index (χ3v) is 5.49. The molecule has 1 saturated heterocycles. The number of likely N-dealkylation sites (tertiary alicyclic amines) is 1. The van der Waals surface area contributed by atoms with E-state index in [4.69, 9.17) is 0 Å². The summed E-state index contributed by atoms with van der Waals surface area (Å²) in [6.45, 7) is 13.8. The number of rotatable bonds is 4. The van der Waals surface area contributed by atoms with Gasteiger partial charge in [0, 0.05) is 10.8 Å². The molecule has 1 fully saturated rings. The fourth-order valence-electron chi connectivity index (χ4n) is 3.04. The van der Waals surface area contributed by atoms with E-state index in [2.05, 4.69) is 10.6 Å². The molecule has 0 aromatic heterocycles. The van der Waals surface area contributed by atoms with Gasteiger partial charge in [-0.25, -0.2) is 0 Å². The second-order valence-electron chi connectivity index (χ2n) is 8.98. The Morgan fingerprint density at radius 2 is 1.08 bits per heavy atom. The Labute approximate surface area is 144 Å². The third-order valence-electron chi connectivity index (χ3n) is 5.49. The fourth-order valence-corrected chi connectivity index (χ4v) is 3.04. The Kier molecular flexibility index (Phi) is 5.19. The van der Waals surface area contributed by atoms with Gasteiger partial charge in [-0.3, -0.25) is 14.5 Å². The molecule has 1 aliphatic heterocycles. The molecule has 7 nitrogen and oxygen atoms in total. The Morgan fingerprint density at radius 3 is 1.29 bits per heavy atom. The van der Waals surface area contributed by atoms with Crippen molar-refractivity contribution in [1.29, 1.82) is 0 Å². The lowest BCUT2D eigenvalue weighted by molar-refractivity contribution is -0.140. The molecule has 2 atom stereocenters. The first-order chi connectivity index (χ1) is 10.4. The molecule has 0 radical (unpaired) electrons. The molecule has 0 aliphatic carbocycles. The Bertz CT molecular complexity index is 469. The van der Waals surface area contributed by atoms with Crippen molar-refractivity contribution in [3.63, 3.8) is 0 Å². The first-order valence-electron chi connectivity index (χ1n) is 8.22. The SMILES string of the molecule is CN1C(NC(=O)C(C)(C)O)C(C)(C)C(C)(C)C1NC(=O)C(C)(C)O. The van der Waals surface area contributed by atoms with Crippen LogP contribution >= 0.6 is 0 Å². The number of aliphatic hydroxyl groups is 2. The fraction of sp³-hybridized carbons (Fsp3) is 0.882. The van der Waals surface area contributed by atoms with Crippen molar-refractivity contribution < 1.29 is 19.8 Å². The summed E-state index contributed by atoms with van der Waals surface area (Å²) in [5.41, 5.74) is -3.79. The van der Waals surface area contributed by atoms with E-state index in [-0.39, 0.29) is 0 Å². The quantitative estimate of drug-likeness (QED) is 0.592. The van der Waals surface area contributed by atoms with Crippen molar-refractivity contribution in [2.45, 2.75) is 78.9 Å². The van der Waals surface area contributed by atoms with Crippen LogP contribution in [0.1, 0.15) is 55.4 Å². The third kappa shape index (κ3) is 3.58. The summed E-state index contributed by atoms with van der Waals surface area (Å²) in [4.78, 5) is 26.3. The van der Waals surface area contributed by atoms with E-state index in [1.807, 2.05) is 32.6 Å². The van der Waals surface area contributed by atoms with Crippen LogP contribution in [-0.2, 0) is 9.59 Å². The van der Waals surface area contributed by atoms with E-state index >= 15 is 0 Å². The standard InChI is InChI=1S/C17H33N3O4/c1-14(2)10(18-12(21)16(5,6)23)20(9)11(15(14,3)4)19-13(22)17(7,8)24/h10-11,23-24H,1-9H3,(H,18,21)(H,19,22). The molecule has 1 aliphatic rings. The predicted octanol–water partition coefficient (Wildman–Crippen LogP) is 0.411. The highest BCUT2D eigenvalue weighted by Gasteiger charge is 2.59. The van der Waals surface area contributed by atoms with E-state index < -0.39 is 46.2 Å². The highest BCUT2D eigenvalue weighted by molar-refractivity contribution is 5.85. The molecule has 0 aromatic rings. The van der Waals surface area contributed by atoms with Crippen LogP contribution in [0.5, 0.6) is 0 Å². The van der Waals surface area contributed by atoms with Gasteiger partial charge in [0.2, 0.25) is 0 Å². The van der Waals surface area contributed by atoms with Crippen LogP contribution in [0.25, 0.3) is 0 Å². The van der Waals surface area contributed by atoms with Crippen LogP contribution < -0.4 is 10.6 Å². The maximum atomic E-state index is 12.2. The van der Waals surface area contributed by atoms with E-state index in [1.165, 1.54) is 27.7 Å². The largest absolute Gasteiger partial charge is 0.381 e. The molecule has 2 unspecified atom stereocenters. The lowest BCUT2D eigenvalue weighted by Crippen LogP contribution is -2.58. The van der Waals surface area contributed by atoms with Crippen molar-refractivity contribution in [2.24, 2.45) is 10.8 Å². The Hall–Kier alpha value is -1.18. The number of hydrogen-bond acceptors (Lipinski definition) is 5. The topological polar surface area (TPSA) is 102 Å². The highest BCUT2D eigenvalue weighted by atomic mass is 16.3. The van der Waals surface area contributed by atoms with Crippen LogP contribution in [0, 0.1) is 10.8 Å². The van der Waals surface area contributed by atoms with E-state index in [1.54, 1.807) is 7.05 Å². The van der Waals surface area contributed by atoms with Crippen molar-refractivity contribution in [2.75, 3.05) is 7.05 Å². The minimum atomic E-state index is -1.49. The molecule has 0 aromatic carbocycles. The van der Waals surface area contributed by atoms with Crippen LogP contribution in [0.15, 0.2) is 0 Å². The molecule has 1 rings (SSSR count). The molecule has 0 saturated carbocycles. The van der Waals surface area contributed by atoms with Gasteiger partial charge in [0.25, 0.3) is 11.8 Å². The maximum Gasteiger partial charge on any atom is 0.252 e. The second kappa shape index (κ2) is 5.97. The summed E-state index contributed by atoms with van der Waals surface area (Å²) < 4.78 is 0. The zero-order chi connectivity index (χ0) is 19.3. The summed E-state index contributed by atoms with van der Waals surface area (Å²) in [7, 11) is 1.81. The molecular formula is C17H33N3O4. The average Bonchev–Trinajstić information content (AvgIpc) is 2.48. The van der Waals surface area contributed by atoms with Crippen LogP contribution in [0.2, 0.25) is 0 Å². The van der Waals surface area contributed by atoms with E-state index in [9.17, 15) is 19.8 Å². The molecule has 7 heteroatoms. The van der Waals surface area contributed by atoms with Crippen molar-refractivity contribution in [1.82, 2.24) is 15.5 Å². The number of nitrogens with zero attached hydrogens (tertiary/aromatic N) is 1. The zero-order valence-electron chi connectivity index (χ0n) is 16.3. The zero-order valence-corrected chi connectivity index (χ0v) is 16.3. The van der Waals surface area contributed by atoms with Crippen molar-refractivity contribution >= 4 is 11.8 Å². The number of carbonyl (C=O) groups is 2. The van der Waals surface area contributed by atoms with Gasteiger partial charge in [0.15, 0.2) is 0 Å². The summed E-state index contributed by atoms with van der Waals surface area (Å²) in [5.74, 6) is -0.949. The smallest absolute Gasteiger partial charge is 0.252 e. The summed E-state index contributed by atoms with van der Waals surface area (Å²) >= 11 is 0. The van der Waals surface area contributed by atoms with E-state index in [0.29, 0.717) is 0 Å². The molecule has 140 valence electrons. The van der Waals surface area contributed by atoms with Gasteiger partial charge in [-0.15, -0.1) is 0 Å². The first kappa shape index (κ1) is 20.9. The van der Waals surface area contributed by atoms with Gasteiger partial charge in [0.1, 0.15) is 11.2 Å². The minimum absolute atomic E-state index is 0.390. The summed E-state index contributed by atoms with van der Waals surface area (Å²) in [6, 6.07) is 0. The van der Waals surface area contributed by atoms with Gasteiger partial charge >= 0.3 is 0 Å². The van der Waals surface area contributed by atoms with Gasteiger partial charge < -0.3 is 20.8 Å². The molecule has 0 spiro atoms. The lowest BCUT2D eigenvalue weighted by atomic mass is 9.67. The summed E-state index contributed by atoms with van der Waals surface area (Å²) in [5, 5.41) is 25.6. The number of carbonyl (C=O) groups excluding carboxylic acids is 2. The average molecular weight is 343 g/mol. The van der Waals surface area contributed by atoms with Crippen molar-refractivity contribution in [3.8, 4) is 0 Å². The van der Waals surface area contributed by atoms with Crippen LogP contribution in [-0.4, -0.2) is 57.5 Å². The molecule has 0 bridgehead atoms. The van der Waals surface area contributed by atoms with E-state index in [0.717, 1.165) is 0 Å². The highest BCUT2D eigenvalue weighted by Crippen LogP contribution is 2.51. The molecular weight excluding hydrogens is 310 g/mol. The normalized spacial score (nSPS) is 27.0. The molecule has 4 N–H and O–H groups in total. The maximum absolute atomic E-state index is 12.2. The lowest BCUT2D eigenvalue weighted by Gasteiger charge is -2.40. The second-order valence-corrected chi connectivity index (χ2v) is 8.98. The van der Waals surface area contributed by atoms with Gasteiger partial charge in [-0.05, 0) is 34.7 Å². The van der Waals surface area contributed by atoms with Crippen molar-refractivity contribution in [3.05, 3.63) is 0 Å². The Morgan fingerprint density at radius 1 is 0.833 bits per heavy atom. The molecule has 2 amide bonds. The Balaban J connectivity index is 3.14. The van der Waals surface area contributed by atoms with Gasteiger partial charge in [-0.2, -0.15) is 0 Å². The number of hydrogen-bond donors (Lipinski definition) is 4. The predicted molar refractivity (Wildman–Crippen MR) is 91.8 cm³/mol. The molecule has 24 heavy (non-hydrogen) atoms. The minimum Gasteiger partial charge on any atom is -0.381 e. The summed E-state index contributed by atoms with van der Waals surface area (Å²) in [6.07, 6.45) is -0.780. The first-order valence-corrected chi connectivity index (χ1v) is 8.22.